The molecular formula is C45H28N4O. The lowest BCUT2D eigenvalue weighted by atomic mass is 9.99. The minimum Gasteiger partial charge on any atom is -0.456 e. The van der Waals surface area contributed by atoms with Crippen LogP contribution in [0, 0.1) is 0 Å². The zero-order valence-corrected chi connectivity index (χ0v) is 26.5. The van der Waals surface area contributed by atoms with Gasteiger partial charge in [-0.3, -0.25) is 4.57 Å². The van der Waals surface area contributed by atoms with Gasteiger partial charge in [0.25, 0.3) is 0 Å². The van der Waals surface area contributed by atoms with Crippen molar-refractivity contribution in [3.05, 3.63) is 170 Å². The third-order valence-electron chi connectivity index (χ3n) is 9.16. The van der Waals surface area contributed by atoms with E-state index in [-0.39, 0.29) is 29.7 Å². The molecule has 10 aromatic rings. The van der Waals surface area contributed by atoms with E-state index in [0.717, 1.165) is 60.5 Å². The number of nitrogens with zero attached hydrogens (tertiary/aromatic N) is 4. The fourth-order valence-corrected chi connectivity index (χ4v) is 6.86. The molecule has 0 aliphatic heterocycles. The fraction of sp³-hybridized carbons (Fsp3) is 0. The van der Waals surface area contributed by atoms with Gasteiger partial charge < -0.3 is 4.42 Å². The quantitative estimate of drug-likeness (QED) is 0.187. The van der Waals surface area contributed by atoms with Crippen LogP contribution in [0.3, 0.4) is 0 Å². The van der Waals surface area contributed by atoms with Gasteiger partial charge in [0, 0.05) is 32.7 Å². The highest BCUT2D eigenvalue weighted by Gasteiger charge is 2.20. The second-order valence-corrected chi connectivity index (χ2v) is 12.1. The largest absolute Gasteiger partial charge is 0.456 e. The first kappa shape index (κ1) is 23.5. The highest BCUT2D eigenvalue weighted by Crippen LogP contribution is 2.39. The van der Waals surface area contributed by atoms with E-state index in [9.17, 15) is 0 Å². The zero-order chi connectivity index (χ0) is 37.4. The van der Waals surface area contributed by atoms with Gasteiger partial charge in [0.1, 0.15) is 11.2 Å². The molecule has 10 rings (SSSR count). The molecule has 5 heteroatoms. The number of aromatic nitrogens is 4. The number of hydrogen-bond donors (Lipinski definition) is 0. The van der Waals surface area contributed by atoms with E-state index >= 15 is 0 Å². The Balaban J connectivity index is 1.22. The Labute approximate surface area is 294 Å². The molecule has 7 aromatic carbocycles. The Bertz CT molecular complexity index is 3130. The maximum atomic E-state index is 8.81. The number of para-hydroxylation sites is 1. The number of hydrogen-bond acceptors (Lipinski definition) is 4. The van der Waals surface area contributed by atoms with E-state index in [1.807, 2.05) is 108 Å². The molecule has 0 radical (unpaired) electrons. The molecule has 234 valence electrons. The number of fused-ring (bicyclic) bond motifs is 6. The summed E-state index contributed by atoms with van der Waals surface area (Å²) in [4.78, 5) is 15.2. The molecule has 0 aliphatic rings. The highest BCUT2D eigenvalue weighted by atomic mass is 16.3. The molecule has 0 aliphatic carbocycles. The van der Waals surface area contributed by atoms with Gasteiger partial charge in [0.15, 0.2) is 11.6 Å². The van der Waals surface area contributed by atoms with Gasteiger partial charge in [0.05, 0.1) is 17.9 Å². The van der Waals surface area contributed by atoms with Crippen LogP contribution in [0.25, 0.3) is 94.7 Å². The Morgan fingerprint density at radius 1 is 0.460 bits per heavy atom. The van der Waals surface area contributed by atoms with Crippen molar-refractivity contribution in [1.82, 2.24) is 19.5 Å². The van der Waals surface area contributed by atoms with E-state index in [1.54, 1.807) is 6.07 Å². The fourth-order valence-electron chi connectivity index (χ4n) is 6.86. The third kappa shape index (κ3) is 4.60. The second-order valence-electron chi connectivity index (χ2n) is 12.1. The SMILES string of the molecule is [2H]c1c([2H])c([2H])c(-c2cccc3c2c2ccccc2n3-c2nc(-c3ccccc3)nc(-c3ccc4oc5ccc(-c6ccccc6)cc5c4c3)n2)c([2H])c1[2H]. The minimum absolute atomic E-state index is 0.136. The Hall–Kier alpha value is -6.85. The molecule has 0 atom stereocenters. The normalized spacial score (nSPS) is 13.0. The maximum Gasteiger partial charge on any atom is 0.238 e. The Morgan fingerprint density at radius 3 is 1.84 bits per heavy atom. The van der Waals surface area contributed by atoms with Crippen molar-refractivity contribution < 1.29 is 11.3 Å². The molecule has 50 heavy (non-hydrogen) atoms. The van der Waals surface area contributed by atoms with Crippen LogP contribution in [0.1, 0.15) is 6.85 Å². The van der Waals surface area contributed by atoms with Crippen LogP contribution in [0.4, 0.5) is 0 Å². The summed E-state index contributed by atoms with van der Waals surface area (Å²) in [6, 6.07) is 43.8. The van der Waals surface area contributed by atoms with Gasteiger partial charge >= 0.3 is 0 Å². The maximum absolute atomic E-state index is 8.81. The zero-order valence-electron chi connectivity index (χ0n) is 31.5. The summed E-state index contributed by atoms with van der Waals surface area (Å²) in [6.07, 6.45) is 0. The Kier molecular flexibility index (Phi) is 5.35. The molecule has 0 unspecified atom stereocenters. The summed E-state index contributed by atoms with van der Waals surface area (Å²) >= 11 is 0. The topological polar surface area (TPSA) is 56.7 Å². The summed E-state index contributed by atoms with van der Waals surface area (Å²) in [7, 11) is 0. The average molecular weight is 646 g/mol. The smallest absolute Gasteiger partial charge is 0.238 e. The predicted octanol–water partition coefficient (Wildman–Crippen LogP) is 11.5. The van der Waals surface area contributed by atoms with Crippen molar-refractivity contribution in [3.63, 3.8) is 0 Å². The van der Waals surface area contributed by atoms with Crippen molar-refractivity contribution in [2.75, 3.05) is 0 Å². The average Bonchev–Trinajstić information content (AvgIpc) is 3.78. The van der Waals surface area contributed by atoms with E-state index in [0.29, 0.717) is 28.7 Å². The van der Waals surface area contributed by atoms with Crippen LogP contribution >= 0.6 is 0 Å². The lowest BCUT2D eigenvalue weighted by Gasteiger charge is -2.11. The molecule has 0 bridgehead atoms. The Morgan fingerprint density at radius 2 is 1.08 bits per heavy atom. The van der Waals surface area contributed by atoms with Crippen LogP contribution in [0.5, 0.6) is 0 Å². The number of furan rings is 1. The predicted molar refractivity (Wildman–Crippen MR) is 203 cm³/mol. The first-order chi connectivity index (χ1) is 26.9. The van der Waals surface area contributed by atoms with Gasteiger partial charge in [-0.1, -0.05) is 127 Å². The molecule has 0 N–H and O–H groups in total. The summed E-state index contributed by atoms with van der Waals surface area (Å²) in [6.45, 7) is 0. The number of rotatable bonds is 5. The summed E-state index contributed by atoms with van der Waals surface area (Å²) in [5.41, 5.74) is 7.50. The van der Waals surface area contributed by atoms with Gasteiger partial charge in [0.2, 0.25) is 5.95 Å². The molecule has 3 aromatic heterocycles. The molecule has 0 spiro atoms. The van der Waals surface area contributed by atoms with Gasteiger partial charge in [-0.15, -0.1) is 0 Å². The highest BCUT2D eigenvalue weighted by molar-refractivity contribution is 6.15. The first-order valence-electron chi connectivity index (χ1n) is 18.8. The van der Waals surface area contributed by atoms with Crippen molar-refractivity contribution in [1.29, 1.82) is 0 Å². The summed E-state index contributed by atoms with van der Waals surface area (Å²) in [5, 5.41) is 3.47. The van der Waals surface area contributed by atoms with Crippen molar-refractivity contribution in [2.24, 2.45) is 0 Å². The van der Waals surface area contributed by atoms with Crippen molar-refractivity contribution in [2.45, 2.75) is 0 Å². The molecular weight excluding hydrogens is 613 g/mol. The van der Waals surface area contributed by atoms with Crippen LogP contribution in [0.15, 0.2) is 174 Å². The first-order valence-corrected chi connectivity index (χ1v) is 16.3. The van der Waals surface area contributed by atoms with E-state index < -0.39 is 6.04 Å². The van der Waals surface area contributed by atoms with E-state index in [2.05, 4.69) is 30.3 Å². The monoisotopic (exact) mass is 645 g/mol. The van der Waals surface area contributed by atoms with Crippen LogP contribution < -0.4 is 0 Å². The molecule has 0 fully saturated rings. The second kappa shape index (κ2) is 11.4. The minimum atomic E-state index is -0.433. The standard InChI is InChI=1S/C45H28N4O/c1-4-13-29(14-5-1)32-23-25-40-36(27-32)37-28-33(24-26-41(37)50-40)44-46-43(31-17-8-3-9-18-31)47-45(48-44)49-38-21-11-10-19-35(38)42-34(20-12-22-39(42)49)30-15-6-2-7-16-30/h1-28H/i2D,6D,7D,15D,16D. The molecule has 0 amide bonds. The molecule has 3 heterocycles. The summed E-state index contributed by atoms with van der Waals surface area (Å²) in [5.74, 6) is 1.32. The lowest BCUT2D eigenvalue weighted by molar-refractivity contribution is 0.669. The van der Waals surface area contributed by atoms with E-state index in [1.165, 1.54) is 0 Å². The van der Waals surface area contributed by atoms with Gasteiger partial charge in [-0.2, -0.15) is 9.97 Å². The van der Waals surface area contributed by atoms with Crippen molar-refractivity contribution >= 4 is 43.7 Å². The van der Waals surface area contributed by atoms with Crippen LogP contribution in [0.2, 0.25) is 0 Å². The molecule has 5 nitrogen and oxygen atoms in total. The van der Waals surface area contributed by atoms with E-state index in [4.69, 9.17) is 26.2 Å². The van der Waals surface area contributed by atoms with Gasteiger partial charge in [-0.25, -0.2) is 4.98 Å². The van der Waals surface area contributed by atoms with Crippen molar-refractivity contribution in [3.8, 4) is 51.0 Å². The number of benzene rings is 7. The molecule has 0 saturated carbocycles. The van der Waals surface area contributed by atoms with Crippen LogP contribution in [-0.2, 0) is 0 Å². The molecule has 0 saturated heterocycles. The summed E-state index contributed by atoms with van der Waals surface area (Å²) < 4.78 is 50.8. The third-order valence-corrected chi connectivity index (χ3v) is 9.16. The lowest BCUT2D eigenvalue weighted by Crippen LogP contribution is -2.06. The van der Waals surface area contributed by atoms with Crippen LogP contribution in [-0.4, -0.2) is 19.5 Å². The van der Waals surface area contributed by atoms with Gasteiger partial charge in [-0.05, 0) is 64.7 Å².